The van der Waals surface area contributed by atoms with Crippen LogP contribution < -0.4 is 5.73 Å². The van der Waals surface area contributed by atoms with Crippen LogP contribution in [0, 0.1) is 15.9 Å². The minimum Gasteiger partial charge on any atom is -0.465 e. The van der Waals surface area contributed by atoms with Crippen molar-refractivity contribution in [2.24, 2.45) is 10.7 Å². The predicted molar refractivity (Wildman–Crippen MR) is 66.4 cm³/mol. The summed E-state index contributed by atoms with van der Waals surface area (Å²) in [5, 5.41) is 10.6. The van der Waals surface area contributed by atoms with E-state index in [9.17, 15) is 19.3 Å². The molecule has 0 aliphatic carbocycles. The number of ether oxygens (including phenoxy) is 1. The lowest BCUT2D eigenvalue weighted by molar-refractivity contribution is -0.387. The zero-order valence-corrected chi connectivity index (χ0v) is 10.5. The Morgan fingerprint density at radius 1 is 1.63 bits per heavy atom. The smallest absolute Gasteiger partial charge is 0.343 e. The van der Waals surface area contributed by atoms with Crippen molar-refractivity contribution in [3.05, 3.63) is 33.6 Å². The number of halogens is 2. The maximum atomic E-state index is 13.9. The normalized spacial score (nSPS) is 11.2. The van der Waals surface area contributed by atoms with Crippen LogP contribution in [-0.2, 0) is 4.74 Å². The van der Waals surface area contributed by atoms with Gasteiger partial charge in [0.2, 0.25) is 5.82 Å². The Hall–Kier alpha value is -2.22. The number of nitro benzene ring substituents is 1. The summed E-state index contributed by atoms with van der Waals surface area (Å²) in [4.78, 5) is 24.8. The van der Waals surface area contributed by atoms with E-state index in [2.05, 4.69) is 9.73 Å². The summed E-state index contributed by atoms with van der Waals surface area (Å²) in [5.41, 5.74) is 3.67. The van der Waals surface area contributed by atoms with Crippen LogP contribution in [0.15, 0.2) is 17.1 Å². The first-order chi connectivity index (χ1) is 8.92. The molecule has 0 unspecified atom stereocenters. The van der Waals surface area contributed by atoms with Crippen LogP contribution >= 0.6 is 11.6 Å². The van der Waals surface area contributed by atoms with Crippen molar-refractivity contribution in [1.82, 2.24) is 0 Å². The first-order valence-corrected chi connectivity index (χ1v) is 5.40. The van der Waals surface area contributed by atoms with E-state index in [0.717, 1.165) is 19.2 Å². The van der Waals surface area contributed by atoms with Gasteiger partial charge in [-0.3, -0.25) is 10.1 Å². The quantitative estimate of drug-likeness (QED) is 0.227. The lowest BCUT2D eigenvalue weighted by Crippen LogP contribution is -2.14. The second-order valence-corrected chi connectivity index (χ2v) is 3.55. The fourth-order valence-electron chi connectivity index (χ4n) is 1.27. The van der Waals surface area contributed by atoms with E-state index in [1.165, 1.54) is 0 Å². The zero-order valence-electron chi connectivity index (χ0n) is 9.72. The molecule has 0 atom stereocenters. The number of alkyl halides is 1. The lowest BCUT2D eigenvalue weighted by atomic mass is 10.1. The summed E-state index contributed by atoms with van der Waals surface area (Å²) in [6, 6.07) is 1.97. The minimum atomic E-state index is -1.33. The van der Waals surface area contributed by atoms with Gasteiger partial charge in [-0.2, -0.15) is 4.39 Å². The van der Waals surface area contributed by atoms with Crippen molar-refractivity contribution < 1.29 is 18.8 Å². The van der Waals surface area contributed by atoms with E-state index in [0.29, 0.717) is 0 Å². The number of carbonyl (C=O) groups excluding carboxylic acids is 1. The maximum Gasteiger partial charge on any atom is 0.343 e. The van der Waals surface area contributed by atoms with Gasteiger partial charge in [-0.05, 0) is 6.07 Å². The van der Waals surface area contributed by atoms with Crippen LogP contribution in [0.1, 0.15) is 10.4 Å². The molecule has 0 aliphatic heterocycles. The highest BCUT2D eigenvalue weighted by atomic mass is 35.5. The van der Waals surface area contributed by atoms with Gasteiger partial charge in [0.25, 0.3) is 0 Å². The van der Waals surface area contributed by atoms with Crippen molar-refractivity contribution in [2.45, 2.75) is 0 Å². The molecule has 19 heavy (non-hydrogen) atoms. The molecule has 0 saturated heterocycles. The average molecular weight is 290 g/mol. The maximum absolute atomic E-state index is 13.9. The van der Waals surface area contributed by atoms with Gasteiger partial charge in [0.1, 0.15) is 11.4 Å². The highest BCUT2D eigenvalue weighted by Gasteiger charge is 2.26. The topological polar surface area (TPSA) is 108 Å². The van der Waals surface area contributed by atoms with E-state index in [1.54, 1.807) is 0 Å². The Morgan fingerprint density at radius 3 is 2.74 bits per heavy atom. The third-order valence-corrected chi connectivity index (χ3v) is 2.36. The first-order valence-electron chi connectivity index (χ1n) is 4.86. The molecule has 0 aromatic heterocycles. The van der Waals surface area contributed by atoms with Crippen molar-refractivity contribution >= 4 is 34.8 Å². The summed E-state index contributed by atoms with van der Waals surface area (Å²) in [6.45, 7) is 0. The molecule has 0 heterocycles. The standard InChI is InChI=1S/C10H9ClFN3O4/c1-19-10(16)8-5(14-7(13)4-11)2-3-6(9(8)12)15(17)18/h2-3H,4H2,1H3,(H2,13,14). The number of carbonyl (C=O) groups is 1. The molecule has 9 heteroatoms. The number of aliphatic imine (C=N–C) groups is 1. The van der Waals surface area contributed by atoms with Crippen LogP contribution in [0.2, 0.25) is 0 Å². The van der Waals surface area contributed by atoms with E-state index in [4.69, 9.17) is 17.3 Å². The number of methoxy groups -OCH3 is 1. The van der Waals surface area contributed by atoms with Crippen LogP contribution in [0.25, 0.3) is 0 Å². The van der Waals surface area contributed by atoms with Gasteiger partial charge in [0.15, 0.2) is 0 Å². The van der Waals surface area contributed by atoms with Gasteiger partial charge in [-0.1, -0.05) is 0 Å². The molecule has 1 aromatic rings. The Balaban J connectivity index is 3.53. The molecular formula is C10H9ClFN3O4. The Morgan fingerprint density at radius 2 is 2.26 bits per heavy atom. The molecule has 1 aromatic carbocycles. The number of nitrogens with two attached hydrogens (primary N) is 1. The van der Waals surface area contributed by atoms with E-state index < -0.39 is 28.0 Å². The summed E-state index contributed by atoms with van der Waals surface area (Å²) in [5.74, 6) is -2.64. The molecule has 0 fully saturated rings. The highest BCUT2D eigenvalue weighted by Crippen LogP contribution is 2.29. The van der Waals surface area contributed by atoms with E-state index in [-0.39, 0.29) is 17.4 Å². The average Bonchev–Trinajstić information content (AvgIpc) is 2.37. The van der Waals surface area contributed by atoms with E-state index in [1.807, 2.05) is 0 Å². The summed E-state index contributed by atoms with van der Waals surface area (Å²) in [7, 11) is 1.01. The Kier molecular flexibility index (Phi) is 4.76. The number of rotatable bonds is 4. The van der Waals surface area contributed by atoms with Gasteiger partial charge in [-0.25, -0.2) is 9.79 Å². The molecule has 0 radical (unpaired) electrons. The molecule has 1 rings (SSSR count). The summed E-state index contributed by atoms with van der Waals surface area (Å²) in [6.07, 6.45) is 0. The Bertz CT molecular complexity index is 562. The highest BCUT2D eigenvalue weighted by molar-refractivity contribution is 6.28. The summed E-state index contributed by atoms with van der Waals surface area (Å²) < 4.78 is 18.3. The van der Waals surface area contributed by atoms with Crippen LogP contribution in [-0.4, -0.2) is 29.7 Å². The van der Waals surface area contributed by atoms with Gasteiger partial charge in [0, 0.05) is 6.07 Å². The SMILES string of the molecule is COC(=O)c1c(N=C(N)CCl)ccc([N+](=O)[O-])c1F. The molecule has 0 aliphatic rings. The third-order valence-electron chi connectivity index (χ3n) is 2.09. The molecule has 0 amide bonds. The fraction of sp³-hybridized carbons (Fsp3) is 0.200. The Labute approximate surface area is 112 Å². The second-order valence-electron chi connectivity index (χ2n) is 3.28. The molecule has 0 bridgehead atoms. The lowest BCUT2D eigenvalue weighted by Gasteiger charge is -2.06. The van der Waals surface area contributed by atoms with Crippen molar-refractivity contribution in [1.29, 1.82) is 0 Å². The molecule has 2 N–H and O–H groups in total. The third kappa shape index (κ3) is 3.16. The molecule has 102 valence electrons. The van der Waals surface area contributed by atoms with Crippen molar-refractivity contribution in [3.8, 4) is 0 Å². The molecule has 7 nitrogen and oxygen atoms in total. The molecule has 0 saturated carbocycles. The van der Waals surface area contributed by atoms with Crippen LogP contribution in [0.3, 0.4) is 0 Å². The number of hydrogen-bond donors (Lipinski definition) is 1. The number of hydrogen-bond acceptors (Lipinski definition) is 5. The van der Waals surface area contributed by atoms with Crippen molar-refractivity contribution in [2.75, 3.05) is 13.0 Å². The van der Waals surface area contributed by atoms with Gasteiger partial charge in [-0.15, -0.1) is 11.6 Å². The van der Waals surface area contributed by atoms with Crippen LogP contribution in [0.5, 0.6) is 0 Å². The van der Waals surface area contributed by atoms with Gasteiger partial charge < -0.3 is 10.5 Å². The number of benzene rings is 1. The minimum absolute atomic E-state index is 0.0694. The number of amidine groups is 1. The van der Waals surface area contributed by atoms with E-state index >= 15 is 0 Å². The monoisotopic (exact) mass is 289 g/mol. The molecule has 0 spiro atoms. The summed E-state index contributed by atoms with van der Waals surface area (Å²) >= 11 is 5.42. The number of nitro groups is 1. The predicted octanol–water partition coefficient (Wildman–Crippen LogP) is 1.75. The molecular weight excluding hydrogens is 281 g/mol. The van der Waals surface area contributed by atoms with Gasteiger partial charge in [0.05, 0.1) is 23.6 Å². The number of nitrogens with zero attached hydrogens (tertiary/aromatic N) is 2. The van der Waals surface area contributed by atoms with Crippen molar-refractivity contribution in [3.63, 3.8) is 0 Å². The number of esters is 1. The van der Waals surface area contributed by atoms with Gasteiger partial charge >= 0.3 is 11.7 Å². The largest absolute Gasteiger partial charge is 0.465 e. The second kappa shape index (κ2) is 6.10. The fourth-order valence-corrected chi connectivity index (χ4v) is 1.33. The first kappa shape index (κ1) is 14.8. The zero-order chi connectivity index (χ0) is 14.6. The van der Waals surface area contributed by atoms with Crippen LogP contribution in [0.4, 0.5) is 15.8 Å².